The van der Waals surface area contributed by atoms with Crippen LogP contribution in [-0.4, -0.2) is 34.1 Å². The molecule has 1 aliphatic heterocycles. The summed E-state index contributed by atoms with van der Waals surface area (Å²) < 4.78 is 0. The Hall–Kier alpha value is -1.78. The molecular formula is C11H16N4O. The smallest absolute Gasteiger partial charge is 0.276 e. The van der Waals surface area contributed by atoms with Crippen molar-refractivity contribution in [3.63, 3.8) is 0 Å². The van der Waals surface area contributed by atoms with Crippen molar-refractivity contribution in [1.29, 1.82) is 0 Å². The van der Waals surface area contributed by atoms with Crippen molar-refractivity contribution in [2.45, 2.75) is 20.3 Å². The number of aromatic nitrogens is 2. The highest BCUT2D eigenvalue weighted by molar-refractivity contribution is 5.97. The number of hydrogen-bond donors (Lipinski definition) is 2. The molecule has 0 aromatic carbocycles. The van der Waals surface area contributed by atoms with Gasteiger partial charge < -0.3 is 10.6 Å². The number of aryl methyl sites for hydroxylation is 1. The Kier molecular flexibility index (Phi) is 2.68. The lowest BCUT2D eigenvalue weighted by atomic mass is 10.1. The van der Waals surface area contributed by atoms with Crippen molar-refractivity contribution >= 4 is 11.6 Å². The van der Waals surface area contributed by atoms with Gasteiger partial charge in [-0.25, -0.2) is 0 Å². The van der Waals surface area contributed by atoms with Crippen LogP contribution in [0.3, 0.4) is 0 Å². The fourth-order valence-electron chi connectivity index (χ4n) is 1.71. The number of rotatable bonds is 1. The second kappa shape index (κ2) is 4.00. The van der Waals surface area contributed by atoms with Crippen LogP contribution in [0.4, 0.5) is 5.69 Å². The molecule has 3 N–H and O–H groups in total. The number of nitrogens with two attached hydrogens (primary N) is 1. The normalized spacial score (nSPS) is 16.1. The largest absolute Gasteiger partial charge is 0.395 e. The van der Waals surface area contributed by atoms with Gasteiger partial charge in [0.15, 0.2) is 5.69 Å². The fraction of sp³-hybridized carbons (Fsp3) is 0.455. The van der Waals surface area contributed by atoms with Gasteiger partial charge in [-0.1, -0.05) is 11.6 Å². The molecule has 0 fully saturated rings. The van der Waals surface area contributed by atoms with Crippen LogP contribution in [0.1, 0.15) is 29.5 Å². The lowest BCUT2D eigenvalue weighted by Gasteiger charge is -2.24. The lowest BCUT2D eigenvalue weighted by molar-refractivity contribution is 0.0764. The molecule has 2 heterocycles. The van der Waals surface area contributed by atoms with Crippen molar-refractivity contribution in [1.82, 2.24) is 15.1 Å². The maximum absolute atomic E-state index is 12.1. The van der Waals surface area contributed by atoms with Crippen molar-refractivity contribution < 1.29 is 4.79 Å². The topological polar surface area (TPSA) is 75.0 Å². The van der Waals surface area contributed by atoms with Crippen molar-refractivity contribution in [2.24, 2.45) is 0 Å². The average molecular weight is 220 g/mol. The van der Waals surface area contributed by atoms with Crippen molar-refractivity contribution in [3.8, 4) is 0 Å². The summed E-state index contributed by atoms with van der Waals surface area (Å²) in [4.78, 5) is 13.8. The minimum absolute atomic E-state index is 0.0920. The van der Waals surface area contributed by atoms with Gasteiger partial charge in [0.25, 0.3) is 5.91 Å². The first-order valence-electron chi connectivity index (χ1n) is 5.35. The number of carbonyl (C=O) groups excluding carboxylic acids is 1. The molecule has 86 valence electrons. The Morgan fingerprint density at radius 1 is 1.56 bits per heavy atom. The Morgan fingerprint density at radius 2 is 2.31 bits per heavy atom. The summed E-state index contributed by atoms with van der Waals surface area (Å²) in [7, 11) is 0. The Labute approximate surface area is 94.3 Å². The van der Waals surface area contributed by atoms with Crippen molar-refractivity contribution in [3.05, 3.63) is 23.0 Å². The third-order valence-corrected chi connectivity index (χ3v) is 2.92. The maximum atomic E-state index is 12.1. The Bertz CT molecular complexity index is 447. The molecule has 1 amide bonds. The van der Waals surface area contributed by atoms with E-state index in [4.69, 9.17) is 5.73 Å². The molecule has 0 saturated carbocycles. The van der Waals surface area contributed by atoms with E-state index < -0.39 is 0 Å². The third kappa shape index (κ3) is 1.80. The lowest BCUT2D eigenvalue weighted by Crippen LogP contribution is -2.35. The molecule has 5 heteroatoms. The summed E-state index contributed by atoms with van der Waals surface area (Å²) in [5.74, 6) is -0.0920. The zero-order valence-corrected chi connectivity index (χ0v) is 9.58. The van der Waals surface area contributed by atoms with Crippen LogP contribution >= 0.6 is 0 Å². The number of nitrogens with one attached hydrogen (secondary N) is 1. The molecule has 5 nitrogen and oxygen atoms in total. The van der Waals surface area contributed by atoms with E-state index in [1.54, 1.807) is 11.8 Å². The van der Waals surface area contributed by atoms with Gasteiger partial charge in [0.05, 0.1) is 11.4 Å². The van der Waals surface area contributed by atoms with Crippen LogP contribution in [0.25, 0.3) is 0 Å². The summed E-state index contributed by atoms with van der Waals surface area (Å²) in [6.45, 7) is 5.27. The first-order valence-corrected chi connectivity index (χ1v) is 5.35. The Balaban J connectivity index is 2.17. The molecule has 0 aliphatic carbocycles. The first kappa shape index (κ1) is 10.7. The molecule has 0 radical (unpaired) electrons. The third-order valence-electron chi connectivity index (χ3n) is 2.92. The number of hydrogen-bond acceptors (Lipinski definition) is 3. The number of H-pyrrole nitrogens is 1. The number of nitrogens with zero attached hydrogens (tertiary/aromatic N) is 2. The van der Waals surface area contributed by atoms with Gasteiger partial charge in [-0.15, -0.1) is 0 Å². The van der Waals surface area contributed by atoms with Crippen LogP contribution in [0.2, 0.25) is 0 Å². The molecule has 0 atom stereocenters. The minimum atomic E-state index is -0.0920. The molecule has 16 heavy (non-hydrogen) atoms. The minimum Gasteiger partial charge on any atom is -0.395 e. The SMILES string of the molecule is CC1=CCN(C(=O)c2n[nH]c(C)c2N)CC1. The summed E-state index contributed by atoms with van der Waals surface area (Å²) in [6, 6.07) is 0. The van der Waals surface area contributed by atoms with Gasteiger partial charge >= 0.3 is 0 Å². The zero-order valence-electron chi connectivity index (χ0n) is 9.58. The molecular weight excluding hydrogens is 204 g/mol. The summed E-state index contributed by atoms with van der Waals surface area (Å²) in [5, 5.41) is 6.68. The highest BCUT2D eigenvalue weighted by Crippen LogP contribution is 2.17. The van der Waals surface area contributed by atoms with E-state index >= 15 is 0 Å². The Morgan fingerprint density at radius 3 is 2.81 bits per heavy atom. The molecule has 0 bridgehead atoms. The first-order chi connectivity index (χ1) is 7.59. The highest BCUT2D eigenvalue weighted by atomic mass is 16.2. The van der Waals surface area contributed by atoms with Crippen LogP contribution in [-0.2, 0) is 0 Å². The van der Waals surface area contributed by atoms with Crippen LogP contribution in [0, 0.1) is 6.92 Å². The highest BCUT2D eigenvalue weighted by Gasteiger charge is 2.22. The van der Waals surface area contributed by atoms with E-state index in [1.165, 1.54) is 5.57 Å². The van der Waals surface area contributed by atoms with Gasteiger partial charge in [0, 0.05) is 13.1 Å². The quantitative estimate of drug-likeness (QED) is 0.696. The van der Waals surface area contributed by atoms with E-state index in [1.807, 2.05) is 0 Å². The molecule has 1 aromatic heterocycles. The molecule has 0 spiro atoms. The van der Waals surface area contributed by atoms with E-state index in [9.17, 15) is 4.79 Å². The average Bonchev–Trinajstić information content (AvgIpc) is 2.60. The van der Waals surface area contributed by atoms with Crippen LogP contribution < -0.4 is 5.73 Å². The molecule has 0 saturated heterocycles. The number of aromatic amines is 1. The molecule has 0 unspecified atom stereocenters. The van der Waals surface area contributed by atoms with E-state index in [0.29, 0.717) is 17.9 Å². The van der Waals surface area contributed by atoms with E-state index in [-0.39, 0.29) is 5.91 Å². The number of carbonyl (C=O) groups is 1. The second-order valence-corrected chi connectivity index (χ2v) is 4.16. The standard InChI is InChI=1S/C11H16N4O/c1-7-3-5-15(6-4-7)11(16)10-9(12)8(2)13-14-10/h3H,4-6,12H2,1-2H3,(H,13,14). The zero-order chi connectivity index (χ0) is 11.7. The fourth-order valence-corrected chi connectivity index (χ4v) is 1.71. The monoisotopic (exact) mass is 220 g/mol. The molecule has 1 aliphatic rings. The van der Waals surface area contributed by atoms with Gasteiger partial charge in [-0.2, -0.15) is 5.10 Å². The van der Waals surface area contributed by atoms with E-state index in [2.05, 4.69) is 23.2 Å². The van der Waals surface area contributed by atoms with E-state index in [0.717, 1.165) is 18.7 Å². The van der Waals surface area contributed by atoms with Gasteiger partial charge in [-0.3, -0.25) is 9.89 Å². The number of anilines is 1. The van der Waals surface area contributed by atoms with Crippen LogP contribution in [0.5, 0.6) is 0 Å². The number of amides is 1. The predicted octanol–water partition coefficient (Wildman–Crippen LogP) is 1.09. The van der Waals surface area contributed by atoms with Gasteiger partial charge in [0.1, 0.15) is 0 Å². The molecule has 1 aromatic rings. The maximum Gasteiger partial charge on any atom is 0.276 e. The second-order valence-electron chi connectivity index (χ2n) is 4.16. The summed E-state index contributed by atoms with van der Waals surface area (Å²) in [6.07, 6.45) is 2.99. The van der Waals surface area contributed by atoms with Crippen molar-refractivity contribution in [2.75, 3.05) is 18.8 Å². The molecule has 2 rings (SSSR count). The van der Waals surface area contributed by atoms with Gasteiger partial charge in [0.2, 0.25) is 0 Å². The summed E-state index contributed by atoms with van der Waals surface area (Å²) >= 11 is 0. The predicted molar refractivity (Wildman–Crippen MR) is 62.0 cm³/mol. The van der Waals surface area contributed by atoms with Gasteiger partial charge in [-0.05, 0) is 20.3 Å². The number of nitrogen functional groups attached to an aromatic ring is 1. The summed E-state index contributed by atoms with van der Waals surface area (Å²) in [5.41, 5.74) is 8.65. The van der Waals surface area contributed by atoms with Crippen LogP contribution in [0.15, 0.2) is 11.6 Å².